The predicted octanol–water partition coefficient (Wildman–Crippen LogP) is 2.91. The van der Waals surface area contributed by atoms with Gasteiger partial charge >= 0.3 is 0 Å². The van der Waals surface area contributed by atoms with Crippen LogP contribution in [0.2, 0.25) is 0 Å². The number of hydrogen-bond donors (Lipinski definition) is 1. The Morgan fingerprint density at radius 1 is 1.24 bits per heavy atom. The molecular formula is C24H34N4O4S. The van der Waals surface area contributed by atoms with Crippen molar-refractivity contribution in [2.24, 2.45) is 5.92 Å². The van der Waals surface area contributed by atoms with Crippen LogP contribution >= 0.6 is 11.8 Å². The first-order valence-corrected chi connectivity index (χ1v) is 12.7. The first-order valence-electron chi connectivity index (χ1n) is 11.7. The van der Waals surface area contributed by atoms with E-state index in [4.69, 9.17) is 14.2 Å². The molecule has 1 N–H and O–H groups in total. The number of fused-ring (bicyclic) bond motifs is 1. The quantitative estimate of drug-likeness (QED) is 0.560. The second-order valence-electron chi connectivity index (χ2n) is 8.77. The van der Waals surface area contributed by atoms with E-state index in [-0.39, 0.29) is 12.0 Å². The number of morpholine rings is 1. The Balaban J connectivity index is 1.31. The average Bonchev–Trinajstić information content (AvgIpc) is 3.24. The van der Waals surface area contributed by atoms with Gasteiger partial charge in [0, 0.05) is 38.3 Å². The monoisotopic (exact) mass is 474 g/mol. The van der Waals surface area contributed by atoms with Gasteiger partial charge in [0.15, 0.2) is 16.7 Å². The highest BCUT2D eigenvalue weighted by Gasteiger charge is 2.22. The Morgan fingerprint density at radius 3 is 2.85 bits per heavy atom. The smallest absolute Gasteiger partial charge is 0.230 e. The molecule has 180 valence electrons. The van der Waals surface area contributed by atoms with Crippen molar-refractivity contribution in [2.75, 3.05) is 51.8 Å². The van der Waals surface area contributed by atoms with Crippen molar-refractivity contribution < 1.29 is 19.0 Å². The number of nitrogens with zero attached hydrogens (tertiary/aromatic N) is 3. The van der Waals surface area contributed by atoms with Crippen LogP contribution in [0.4, 0.5) is 0 Å². The van der Waals surface area contributed by atoms with Gasteiger partial charge in [0.05, 0.1) is 30.4 Å². The molecule has 33 heavy (non-hydrogen) atoms. The third-order valence-electron chi connectivity index (χ3n) is 5.68. The van der Waals surface area contributed by atoms with Crippen LogP contribution in [0.5, 0.6) is 11.5 Å². The van der Waals surface area contributed by atoms with Crippen molar-refractivity contribution in [1.29, 1.82) is 0 Å². The lowest BCUT2D eigenvalue weighted by molar-refractivity contribution is -0.119. The van der Waals surface area contributed by atoms with Gasteiger partial charge in [-0.3, -0.25) is 9.69 Å². The second kappa shape index (κ2) is 11.3. The fourth-order valence-corrected chi connectivity index (χ4v) is 5.08. The average molecular weight is 475 g/mol. The third-order valence-corrected chi connectivity index (χ3v) is 6.67. The molecule has 0 aliphatic carbocycles. The Labute approximate surface area is 200 Å². The molecule has 0 saturated carbocycles. The zero-order valence-corrected chi connectivity index (χ0v) is 20.5. The van der Waals surface area contributed by atoms with Gasteiger partial charge in [-0.05, 0) is 31.0 Å². The van der Waals surface area contributed by atoms with E-state index in [2.05, 4.69) is 40.5 Å². The summed E-state index contributed by atoms with van der Waals surface area (Å²) in [5.74, 6) is 2.47. The van der Waals surface area contributed by atoms with Gasteiger partial charge < -0.3 is 24.1 Å². The molecule has 0 radical (unpaired) electrons. The Bertz CT molecular complexity index is 949. The summed E-state index contributed by atoms with van der Waals surface area (Å²) in [5, 5.41) is 3.86. The van der Waals surface area contributed by atoms with Crippen molar-refractivity contribution in [3.63, 3.8) is 0 Å². The van der Waals surface area contributed by atoms with E-state index in [1.807, 2.05) is 24.4 Å². The number of carbonyl (C=O) groups excluding carboxylic acids is 1. The molecule has 8 nitrogen and oxygen atoms in total. The number of hydrogen-bond acceptors (Lipinski definition) is 7. The number of aromatic nitrogens is 2. The summed E-state index contributed by atoms with van der Waals surface area (Å²) in [6.45, 7) is 12.6. The molecule has 0 bridgehead atoms. The van der Waals surface area contributed by atoms with Crippen LogP contribution in [0.25, 0.3) is 11.3 Å². The van der Waals surface area contributed by atoms with Gasteiger partial charge in [-0.2, -0.15) is 0 Å². The molecule has 9 heteroatoms. The van der Waals surface area contributed by atoms with E-state index in [0.717, 1.165) is 60.7 Å². The number of thioether (sulfide) groups is 1. The standard InChI is InChI=1S/C24H34N4O4S/c1-4-28-20(18-5-6-21-22(11-18)32-10-9-31-21)13-26-24(28)33-16-23(29)25-12-19-15-27(7-8-30-19)14-17(2)3/h5-6,11,13,17,19H,4,7-10,12,14-16H2,1-3H3,(H,25,29). The van der Waals surface area contributed by atoms with E-state index in [9.17, 15) is 4.79 Å². The Kier molecular flexibility index (Phi) is 8.16. The number of ether oxygens (including phenoxy) is 3. The molecule has 0 spiro atoms. The van der Waals surface area contributed by atoms with Crippen molar-refractivity contribution in [3.8, 4) is 22.8 Å². The normalized spacial score (nSPS) is 18.5. The molecule has 1 amide bonds. The molecule has 2 aliphatic rings. The van der Waals surface area contributed by atoms with Gasteiger partial charge in [-0.15, -0.1) is 0 Å². The molecule has 1 aromatic heterocycles. The van der Waals surface area contributed by atoms with E-state index >= 15 is 0 Å². The predicted molar refractivity (Wildman–Crippen MR) is 129 cm³/mol. The number of imidazole rings is 1. The molecule has 2 aromatic rings. The molecule has 1 saturated heterocycles. The number of amides is 1. The first kappa shape index (κ1) is 23.9. The molecule has 1 aromatic carbocycles. The minimum Gasteiger partial charge on any atom is -0.486 e. The Morgan fingerprint density at radius 2 is 2.06 bits per heavy atom. The summed E-state index contributed by atoms with van der Waals surface area (Å²) in [4.78, 5) is 19.5. The van der Waals surface area contributed by atoms with E-state index in [0.29, 0.717) is 31.4 Å². The van der Waals surface area contributed by atoms with Crippen molar-refractivity contribution in [3.05, 3.63) is 24.4 Å². The molecule has 1 atom stereocenters. The minimum absolute atomic E-state index is 0.00360. The maximum atomic E-state index is 12.5. The maximum absolute atomic E-state index is 12.5. The molecular weight excluding hydrogens is 440 g/mol. The van der Waals surface area contributed by atoms with E-state index in [1.165, 1.54) is 11.8 Å². The highest BCUT2D eigenvalue weighted by atomic mass is 32.2. The first-order chi connectivity index (χ1) is 16.0. The zero-order valence-electron chi connectivity index (χ0n) is 19.7. The fraction of sp³-hybridized carbons (Fsp3) is 0.583. The fourth-order valence-electron chi connectivity index (χ4n) is 4.21. The van der Waals surface area contributed by atoms with Crippen molar-refractivity contribution >= 4 is 17.7 Å². The van der Waals surface area contributed by atoms with Gasteiger partial charge in [0.25, 0.3) is 0 Å². The topological polar surface area (TPSA) is 77.8 Å². The summed E-state index contributed by atoms with van der Waals surface area (Å²) in [6, 6.07) is 5.95. The van der Waals surface area contributed by atoms with E-state index in [1.54, 1.807) is 0 Å². The third kappa shape index (κ3) is 6.22. The summed E-state index contributed by atoms with van der Waals surface area (Å²) in [6.07, 6.45) is 1.90. The lowest BCUT2D eigenvalue weighted by Gasteiger charge is -2.33. The summed E-state index contributed by atoms with van der Waals surface area (Å²) >= 11 is 1.45. The van der Waals surface area contributed by atoms with Crippen molar-refractivity contribution in [2.45, 2.75) is 38.6 Å². The molecule has 2 aliphatic heterocycles. The van der Waals surface area contributed by atoms with Gasteiger partial charge in [0.2, 0.25) is 5.91 Å². The van der Waals surface area contributed by atoms with Gasteiger partial charge in [-0.1, -0.05) is 25.6 Å². The lowest BCUT2D eigenvalue weighted by atomic mass is 10.1. The minimum atomic E-state index is -0.00360. The van der Waals surface area contributed by atoms with Gasteiger partial charge in [-0.25, -0.2) is 4.98 Å². The highest BCUT2D eigenvalue weighted by molar-refractivity contribution is 7.99. The summed E-state index contributed by atoms with van der Waals surface area (Å²) < 4.78 is 19.3. The maximum Gasteiger partial charge on any atom is 0.230 e. The number of nitrogens with one attached hydrogen (secondary N) is 1. The number of rotatable bonds is 9. The van der Waals surface area contributed by atoms with Crippen LogP contribution in [-0.4, -0.2) is 78.2 Å². The molecule has 4 rings (SSSR count). The van der Waals surface area contributed by atoms with Crippen LogP contribution < -0.4 is 14.8 Å². The van der Waals surface area contributed by atoms with Crippen LogP contribution in [0, 0.1) is 5.92 Å². The Hall–Kier alpha value is -2.23. The van der Waals surface area contributed by atoms with Gasteiger partial charge in [0.1, 0.15) is 13.2 Å². The van der Waals surface area contributed by atoms with Crippen LogP contribution in [0.15, 0.2) is 29.6 Å². The number of carbonyl (C=O) groups is 1. The number of benzene rings is 1. The van der Waals surface area contributed by atoms with Crippen molar-refractivity contribution in [1.82, 2.24) is 19.8 Å². The SMILES string of the molecule is CCn1c(-c2ccc3c(c2)OCCO3)cnc1SCC(=O)NCC1CN(CC(C)C)CCO1. The summed E-state index contributed by atoms with van der Waals surface area (Å²) in [5.41, 5.74) is 2.02. The zero-order chi connectivity index (χ0) is 23.2. The van der Waals surface area contributed by atoms with E-state index < -0.39 is 0 Å². The largest absolute Gasteiger partial charge is 0.486 e. The van der Waals surface area contributed by atoms with Crippen LogP contribution in [0.3, 0.4) is 0 Å². The van der Waals surface area contributed by atoms with Crippen LogP contribution in [-0.2, 0) is 16.1 Å². The highest BCUT2D eigenvalue weighted by Crippen LogP contribution is 2.35. The van der Waals surface area contributed by atoms with Crippen LogP contribution in [0.1, 0.15) is 20.8 Å². The summed E-state index contributed by atoms with van der Waals surface area (Å²) in [7, 11) is 0. The molecule has 3 heterocycles. The second-order valence-corrected chi connectivity index (χ2v) is 9.71. The molecule has 1 unspecified atom stereocenters. The molecule has 1 fully saturated rings. The lowest BCUT2D eigenvalue weighted by Crippen LogP contribution is -2.48.